The van der Waals surface area contributed by atoms with Gasteiger partial charge in [-0.15, -0.1) is 0 Å². The van der Waals surface area contributed by atoms with Gasteiger partial charge in [-0.05, 0) is 18.6 Å². The first-order chi connectivity index (χ1) is 5.27. The first kappa shape index (κ1) is 6.53. The Morgan fingerprint density at radius 3 is 1.91 bits per heavy atom. The fourth-order valence-corrected chi connectivity index (χ4v) is 1.52. The molecule has 0 aromatic carbocycles. The van der Waals surface area contributed by atoms with Crippen LogP contribution in [0.2, 0.25) is 0 Å². The molecule has 0 fully saturated rings. The minimum Gasteiger partial charge on any atom is -0.294 e. The van der Waals surface area contributed by atoms with Gasteiger partial charge in [-0.25, -0.2) is 0 Å². The van der Waals surface area contributed by atoms with Crippen molar-refractivity contribution < 1.29 is 9.59 Å². The number of fused-ring (bicyclic) bond motifs is 2. The maximum Gasteiger partial charge on any atom is 0.162 e. The molecule has 2 aliphatic carbocycles. The summed E-state index contributed by atoms with van der Waals surface area (Å²) in [5.74, 6) is 0.209. The highest BCUT2D eigenvalue weighted by Crippen LogP contribution is 2.26. The standard InChI is InChI=1S/C9H8O2/c10-8-3-1-6-5-7(8)2-4-9(6)11/h1-4,6-7H,5H2/t6-,7-/m1/s1. The van der Waals surface area contributed by atoms with E-state index in [4.69, 9.17) is 0 Å². The Kier molecular flexibility index (Phi) is 1.28. The summed E-state index contributed by atoms with van der Waals surface area (Å²) in [6.07, 6.45) is 7.17. The van der Waals surface area contributed by atoms with Crippen molar-refractivity contribution in [3.63, 3.8) is 0 Å². The van der Waals surface area contributed by atoms with Crippen LogP contribution in [0, 0.1) is 11.8 Å². The summed E-state index contributed by atoms with van der Waals surface area (Å²) in [5.41, 5.74) is 0. The molecule has 0 aromatic heterocycles. The molecule has 0 amide bonds. The molecule has 2 nitrogen and oxygen atoms in total. The van der Waals surface area contributed by atoms with Crippen LogP contribution in [0.3, 0.4) is 0 Å². The Morgan fingerprint density at radius 1 is 1.00 bits per heavy atom. The molecule has 56 valence electrons. The van der Waals surface area contributed by atoms with E-state index in [1.54, 1.807) is 12.2 Å². The molecular formula is C9H8O2. The normalized spacial score (nSPS) is 34.5. The van der Waals surface area contributed by atoms with Gasteiger partial charge >= 0.3 is 0 Å². The number of hydrogen-bond acceptors (Lipinski definition) is 2. The molecule has 0 saturated heterocycles. The molecule has 11 heavy (non-hydrogen) atoms. The molecule has 0 N–H and O–H groups in total. The van der Waals surface area contributed by atoms with Gasteiger partial charge in [-0.2, -0.15) is 0 Å². The van der Waals surface area contributed by atoms with Crippen LogP contribution in [0.15, 0.2) is 24.3 Å². The van der Waals surface area contributed by atoms with Crippen LogP contribution in [0.25, 0.3) is 0 Å². The lowest BCUT2D eigenvalue weighted by molar-refractivity contribution is -0.121. The quantitative estimate of drug-likeness (QED) is 0.511. The lowest BCUT2D eigenvalue weighted by Gasteiger charge is -2.22. The highest BCUT2D eigenvalue weighted by molar-refractivity contribution is 6.02. The van der Waals surface area contributed by atoms with E-state index in [0.29, 0.717) is 6.42 Å². The van der Waals surface area contributed by atoms with Gasteiger partial charge in [0.2, 0.25) is 0 Å². The van der Waals surface area contributed by atoms with Crippen molar-refractivity contribution in [1.29, 1.82) is 0 Å². The van der Waals surface area contributed by atoms with Gasteiger partial charge in [0.1, 0.15) is 0 Å². The monoisotopic (exact) mass is 148 g/mol. The molecule has 0 unspecified atom stereocenters. The van der Waals surface area contributed by atoms with Crippen molar-refractivity contribution in [1.82, 2.24) is 0 Å². The van der Waals surface area contributed by atoms with Crippen molar-refractivity contribution in [2.24, 2.45) is 11.8 Å². The maximum absolute atomic E-state index is 11.1. The molecule has 0 spiro atoms. The first-order valence-electron chi connectivity index (χ1n) is 3.71. The van der Waals surface area contributed by atoms with Crippen LogP contribution >= 0.6 is 0 Å². The van der Waals surface area contributed by atoms with Gasteiger partial charge in [0.05, 0.1) is 0 Å². The minimum atomic E-state index is -0.0253. The van der Waals surface area contributed by atoms with E-state index < -0.39 is 0 Å². The topological polar surface area (TPSA) is 34.1 Å². The van der Waals surface area contributed by atoms with Crippen molar-refractivity contribution in [3.05, 3.63) is 24.3 Å². The molecule has 0 saturated carbocycles. The molecule has 2 bridgehead atoms. The summed E-state index contributed by atoms with van der Waals surface area (Å²) in [5, 5.41) is 0. The fraction of sp³-hybridized carbons (Fsp3) is 0.333. The number of hydrogen-bond donors (Lipinski definition) is 0. The zero-order valence-corrected chi connectivity index (χ0v) is 5.99. The van der Waals surface area contributed by atoms with Crippen LogP contribution in [-0.4, -0.2) is 11.6 Å². The number of carbonyl (C=O) groups is 2. The highest BCUT2D eigenvalue weighted by Gasteiger charge is 2.29. The summed E-state index contributed by atoms with van der Waals surface area (Å²) in [4.78, 5) is 22.1. The van der Waals surface area contributed by atoms with Crippen molar-refractivity contribution in [2.75, 3.05) is 0 Å². The fourth-order valence-electron chi connectivity index (χ4n) is 1.52. The van der Waals surface area contributed by atoms with E-state index in [0.717, 1.165) is 0 Å². The van der Waals surface area contributed by atoms with Crippen molar-refractivity contribution >= 4 is 11.6 Å². The zero-order valence-electron chi connectivity index (χ0n) is 5.99. The van der Waals surface area contributed by atoms with Crippen LogP contribution in [0.4, 0.5) is 0 Å². The number of rotatable bonds is 0. The van der Waals surface area contributed by atoms with Crippen LogP contribution in [0.1, 0.15) is 6.42 Å². The molecular weight excluding hydrogens is 140 g/mol. The van der Waals surface area contributed by atoms with Gasteiger partial charge in [-0.3, -0.25) is 9.59 Å². The number of allylic oxidation sites excluding steroid dienone is 4. The van der Waals surface area contributed by atoms with Gasteiger partial charge in [0.25, 0.3) is 0 Å². The van der Waals surface area contributed by atoms with E-state index in [2.05, 4.69) is 0 Å². The average molecular weight is 148 g/mol. The molecule has 0 heterocycles. The molecule has 0 aromatic rings. The van der Waals surface area contributed by atoms with E-state index in [-0.39, 0.29) is 23.4 Å². The smallest absolute Gasteiger partial charge is 0.162 e. The Labute approximate surface area is 64.6 Å². The summed E-state index contributed by atoms with van der Waals surface area (Å²) in [6.45, 7) is 0. The van der Waals surface area contributed by atoms with Crippen LogP contribution < -0.4 is 0 Å². The largest absolute Gasteiger partial charge is 0.294 e. The number of ketones is 2. The third kappa shape index (κ3) is 0.946. The average Bonchev–Trinajstić information content (AvgIpc) is 2.02. The van der Waals surface area contributed by atoms with Gasteiger partial charge in [-0.1, -0.05) is 12.2 Å². The number of carbonyl (C=O) groups excluding carboxylic acids is 2. The van der Waals surface area contributed by atoms with E-state index in [1.807, 2.05) is 0 Å². The van der Waals surface area contributed by atoms with Crippen LogP contribution in [0.5, 0.6) is 0 Å². The molecule has 2 rings (SSSR count). The summed E-state index contributed by atoms with van der Waals surface area (Å²) >= 11 is 0. The lowest BCUT2D eigenvalue weighted by Crippen LogP contribution is -2.27. The molecule has 2 aliphatic rings. The van der Waals surface area contributed by atoms with Crippen molar-refractivity contribution in [3.8, 4) is 0 Å². The third-order valence-corrected chi connectivity index (χ3v) is 2.22. The Balaban J connectivity index is 2.38. The lowest BCUT2D eigenvalue weighted by atomic mass is 9.79. The third-order valence-electron chi connectivity index (χ3n) is 2.22. The Bertz CT molecular complexity index is 245. The second kappa shape index (κ2) is 2.16. The predicted octanol–water partition coefficient (Wildman–Crippen LogP) is 0.887. The molecule has 0 radical (unpaired) electrons. The Hall–Kier alpha value is -1.18. The molecule has 2 atom stereocenters. The van der Waals surface area contributed by atoms with Crippen molar-refractivity contribution in [2.45, 2.75) is 6.42 Å². The first-order valence-corrected chi connectivity index (χ1v) is 3.71. The van der Waals surface area contributed by atoms with Gasteiger partial charge < -0.3 is 0 Å². The SMILES string of the molecule is O=C1C=C[C@@H]2C[C@H]1C=CC2=O. The highest BCUT2D eigenvalue weighted by atomic mass is 16.1. The molecule has 2 heteroatoms. The second-order valence-corrected chi connectivity index (χ2v) is 2.97. The minimum absolute atomic E-state index is 0.0253. The van der Waals surface area contributed by atoms with E-state index in [1.165, 1.54) is 12.2 Å². The maximum atomic E-state index is 11.1. The second-order valence-electron chi connectivity index (χ2n) is 2.97. The van der Waals surface area contributed by atoms with Gasteiger partial charge in [0, 0.05) is 11.8 Å². The van der Waals surface area contributed by atoms with Gasteiger partial charge in [0.15, 0.2) is 11.6 Å². The summed E-state index contributed by atoms with van der Waals surface area (Å²) in [6, 6.07) is 0. The van der Waals surface area contributed by atoms with E-state index in [9.17, 15) is 9.59 Å². The summed E-state index contributed by atoms with van der Waals surface area (Å²) in [7, 11) is 0. The molecule has 0 aliphatic heterocycles. The summed E-state index contributed by atoms with van der Waals surface area (Å²) < 4.78 is 0. The Morgan fingerprint density at radius 2 is 1.45 bits per heavy atom. The predicted molar refractivity (Wildman–Crippen MR) is 39.9 cm³/mol. The zero-order chi connectivity index (χ0) is 7.84. The van der Waals surface area contributed by atoms with Crippen LogP contribution in [-0.2, 0) is 9.59 Å². The van der Waals surface area contributed by atoms with E-state index >= 15 is 0 Å².